The molecule has 3 nitrogen and oxygen atoms in total. The van der Waals surface area contributed by atoms with Gasteiger partial charge in [0.05, 0.1) is 7.11 Å². The summed E-state index contributed by atoms with van der Waals surface area (Å²) in [5, 5.41) is 3.45. The lowest BCUT2D eigenvalue weighted by Gasteiger charge is -2.55. The molecule has 1 aromatic rings. The molecule has 1 fully saturated rings. The molecule has 2 atom stereocenters. The lowest BCUT2D eigenvalue weighted by atomic mass is 9.58. The molecular weight excluding hydrogens is 262 g/mol. The Balaban J connectivity index is 2.18. The SMILES string of the molecule is CCc1ccc(OC2CC(NC)C2(CC)CC)c(OC)c1. The normalized spacial score (nSPS) is 23.5. The Morgan fingerprint density at radius 1 is 1.19 bits per heavy atom. The molecule has 1 aliphatic rings. The number of ether oxygens (including phenoxy) is 2. The lowest BCUT2D eigenvalue weighted by Crippen LogP contribution is -2.63. The summed E-state index contributed by atoms with van der Waals surface area (Å²) in [5.41, 5.74) is 1.52. The van der Waals surface area contributed by atoms with Gasteiger partial charge in [0.1, 0.15) is 6.10 Å². The van der Waals surface area contributed by atoms with Crippen molar-refractivity contribution in [2.75, 3.05) is 14.2 Å². The first-order valence-electron chi connectivity index (χ1n) is 8.15. The molecule has 1 saturated carbocycles. The number of methoxy groups -OCH3 is 1. The molecule has 0 saturated heterocycles. The molecule has 0 radical (unpaired) electrons. The van der Waals surface area contributed by atoms with E-state index in [9.17, 15) is 0 Å². The Morgan fingerprint density at radius 3 is 2.43 bits per heavy atom. The first-order chi connectivity index (χ1) is 10.1. The van der Waals surface area contributed by atoms with Crippen molar-refractivity contribution in [1.82, 2.24) is 5.32 Å². The van der Waals surface area contributed by atoms with Crippen LogP contribution >= 0.6 is 0 Å². The van der Waals surface area contributed by atoms with Gasteiger partial charge in [-0.25, -0.2) is 0 Å². The van der Waals surface area contributed by atoms with Crippen LogP contribution in [-0.4, -0.2) is 26.3 Å². The van der Waals surface area contributed by atoms with Gasteiger partial charge in [-0.05, 0) is 44.0 Å². The van der Waals surface area contributed by atoms with Gasteiger partial charge in [0.15, 0.2) is 11.5 Å². The van der Waals surface area contributed by atoms with Crippen LogP contribution in [0.4, 0.5) is 0 Å². The third-order valence-corrected chi connectivity index (χ3v) is 5.36. The summed E-state index contributed by atoms with van der Waals surface area (Å²) in [5.74, 6) is 1.73. The van der Waals surface area contributed by atoms with Crippen LogP contribution in [0.3, 0.4) is 0 Å². The van der Waals surface area contributed by atoms with E-state index in [-0.39, 0.29) is 11.5 Å². The number of aryl methyl sites for hydroxylation is 1. The number of nitrogens with one attached hydrogen (secondary N) is 1. The summed E-state index contributed by atoms with van der Waals surface area (Å²) < 4.78 is 11.8. The summed E-state index contributed by atoms with van der Waals surface area (Å²) in [4.78, 5) is 0. The van der Waals surface area contributed by atoms with Crippen molar-refractivity contribution in [2.24, 2.45) is 5.41 Å². The molecule has 0 aliphatic heterocycles. The Labute approximate surface area is 129 Å². The molecule has 0 amide bonds. The standard InChI is InChI=1S/C18H29NO2/c1-6-13-9-10-14(15(11-13)20-5)21-17-12-16(19-4)18(17,7-2)8-3/h9-11,16-17,19H,6-8,12H2,1-5H3. The van der Waals surface area contributed by atoms with E-state index in [2.05, 4.69) is 51.3 Å². The fraction of sp³-hybridized carbons (Fsp3) is 0.667. The Hall–Kier alpha value is -1.22. The van der Waals surface area contributed by atoms with Crippen LogP contribution in [0.25, 0.3) is 0 Å². The van der Waals surface area contributed by atoms with E-state index in [1.807, 2.05) is 0 Å². The number of hydrogen-bond donors (Lipinski definition) is 1. The molecule has 118 valence electrons. The Morgan fingerprint density at radius 2 is 1.90 bits per heavy atom. The van der Waals surface area contributed by atoms with Crippen molar-refractivity contribution < 1.29 is 9.47 Å². The largest absolute Gasteiger partial charge is 0.493 e. The molecule has 2 rings (SSSR count). The lowest BCUT2D eigenvalue weighted by molar-refractivity contribution is -0.0843. The minimum absolute atomic E-state index is 0.239. The van der Waals surface area contributed by atoms with E-state index in [4.69, 9.17) is 9.47 Å². The summed E-state index contributed by atoms with van der Waals surface area (Å²) in [6.07, 6.45) is 4.61. The quantitative estimate of drug-likeness (QED) is 0.829. The van der Waals surface area contributed by atoms with E-state index >= 15 is 0 Å². The maximum absolute atomic E-state index is 6.34. The second-order valence-electron chi connectivity index (χ2n) is 5.96. The average Bonchev–Trinajstić information content (AvgIpc) is 2.52. The number of hydrogen-bond acceptors (Lipinski definition) is 3. The summed E-state index contributed by atoms with van der Waals surface area (Å²) in [6, 6.07) is 6.83. The van der Waals surface area contributed by atoms with Gasteiger partial charge in [0, 0.05) is 17.9 Å². The first kappa shape index (κ1) is 16.2. The molecule has 0 aromatic heterocycles. The van der Waals surface area contributed by atoms with Crippen LogP contribution in [0.1, 0.15) is 45.6 Å². The summed E-state index contributed by atoms with van der Waals surface area (Å²) in [6.45, 7) is 6.68. The fourth-order valence-electron chi connectivity index (χ4n) is 3.70. The van der Waals surface area contributed by atoms with Crippen molar-refractivity contribution in [1.29, 1.82) is 0 Å². The van der Waals surface area contributed by atoms with Gasteiger partial charge in [-0.2, -0.15) is 0 Å². The molecule has 0 spiro atoms. The van der Waals surface area contributed by atoms with E-state index in [1.54, 1.807) is 7.11 Å². The van der Waals surface area contributed by atoms with Gasteiger partial charge in [0.2, 0.25) is 0 Å². The van der Waals surface area contributed by atoms with E-state index in [1.165, 1.54) is 5.56 Å². The smallest absolute Gasteiger partial charge is 0.161 e. The molecule has 2 unspecified atom stereocenters. The van der Waals surface area contributed by atoms with Gasteiger partial charge in [-0.15, -0.1) is 0 Å². The van der Waals surface area contributed by atoms with Gasteiger partial charge in [-0.3, -0.25) is 0 Å². The summed E-state index contributed by atoms with van der Waals surface area (Å²) in [7, 11) is 3.77. The maximum Gasteiger partial charge on any atom is 0.161 e. The van der Waals surface area contributed by atoms with Gasteiger partial charge in [-0.1, -0.05) is 26.8 Å². The van der Waals surface area contributed by atoms with Gasteiger partial charge >= 0.3 is 0 Å². The molecule has 0 heterocycles. The summed E-state index contributed by atoms with van der Waals surface area (Å²) >= 11 is 0. The minimum atomic E-state index is 0.239. The van der Waals surface area contributed by atoms with Gasteiger partial charge in [0.25, 0.3) is 0 Å². The molecule has 1 aromatic carbocycles. The number of rotatable bonds is 7. The third-order valence-electron chi connectivity index (χ3n) is 5.36. The molecule has 0 bridgehead atoms. The monoisotopic (exact) mass is 291 g/mol. The topological polar surface area (TPSA) is 30.5 Å². The van der Waals surface area contributed by atoms with Crippen molar-refractivity contribution in [3.05, 3.63) is 23.8 Å². The second-order valence-corrected chi connectivity index (χ2v) is 5.96. The highest BCUT2D eigenvalue weighted by Gasteiger charge is 2.53. The zero-order valence-electron chi connectivity index (χ0n) is 14.0. The molecule has 1 N–H and O–H groups in total. The van der Waals surface area contributed by atoms with Crippen LogP contribution in [0.15, 0.2) is 18.2 Å². The van der Waals surface area contributed by atoms with Crippen LogP contribution in [0, 0.1) is 5.41 Å². The van der Waals surface area contributed by atoms with E-state index < -0.39 is 0 Å². The zero-order valence-corrected chi connectivity index (χ0v) is 14.0. The van der Waals surface area contributed by atoms with Crippen LogP contribution in [0.2, 0.25) is 0 Å². The Kier molecular flexibility index (Phi) is 5.15. The first-order valence-corrected chi connectivity index (χ1v) is 8.15. The highest BCUT2D eigenvalue weighted by Crippen LogP contribution is 2.49. The predicted molar refractivity (Wildman–Crippen MR) is 87.3 cm³/mol. The van der Waals surface area contributed by atoms with E-state index in [0.717, 1.165) is 37.2 Å². The fourth-order valence-corrected chi connectivity index (χ4v) is 3.70. The molecule has 3 heteroatoms. The third kappa shape index (κ3) is 2.76. The maximum atomic E-state index is 6.34. The molecule has 1 aliphatic carbocycles. The van der Waals surface area contributed by atoms with Gasteiger partial charge < -0.3 is 14.8 Å². The highest BCUT2D eigenvalue weighted by atomic mass is 16.5. The second kappa shape index (κ2) is 6.69. The minimum Gasteiger partial charge on any atom is -0.493 e. The van der Waals surface area contributed by atoms with Crippen LogP contribution in [0.5, 0.6) is 11.5 Å². The molecule has 21 heavy (non-hydrogen) atoms. The van der Waals surface area contributed by atoms with Crippen LogP contribution in [-0.2, 0) is 6.42 Å². The molecular formula is C18H29NO2. The van der Waals surface area contributed by atoms with Crippen molar-refractivity contribution in [2.45, 2.75) is 58.6 Å². The van der Waals surface area contributed by atoms with Crippen LogP contribution < -0.4 is 14.8 Å². The van der Waals surface area contributed by atoms with Crippen molar-refractivity contribution in [3.8, 4) is 11.5 Å². The zero-order chi connectivity index (χ0) is 15.5. The van der Waals surface area contributed by atoms with E-state index in [0.29, 0.717) is 6.04 Å². The number of benzene rings is 1. The predicted octanol–water partition coefficient (Wildman–Crippen LogP) is 3.80. The van der Waals surface area contributed by atoms with Crippen molar-refractivity contribution in [3.63, 3.8) is 0 Å². The average molecular weight is 291 g/mol. The highest BCUT2D eigenvalue weighted by molar-refractivity contribution is 5.43. The Bertz CT molecular complexity index is 468. The van der Waals surface area contributed by atoms with Crippen molar-refractivity contribution >= 4 is 0 Å².